The predicted octanol–water partition coefficient (Wildman–Crippen LogP) is 4.00. The monoisotopic (exact) mass is 526 g/mol. The lowest BCUT2D eigenvalue weighted by molar-refractivity contribution is -0.129. The molecule has 2 aliphatic heterocycles. The van der Waals surface area contributed by atoms with E-state index < -0.39 is 29.9 Å². The van der Waals surface area contributed by atoms with Crippen molar-refractivity contribution in [1.29, 1.82) is 0 Å². The molecule has 0 aliphatic carbocycles. The standard InChI is InChI=1S/C25H20ClF2N7O2/c26-16-2-4-19(34-11-31-32-12-34)22(24(16)28)13-7-14-1-3-20(35(14)21(37)8-13)25-30-9-17(33-25)15-5-6-29-18(10-36)23(15)27/h2,4-6,8-9,11-12,14,20,36H,1,3,7,10H2,(H,30,33)/t14-,20+/m1/s1/i10D2,11D. The van der Waals surface area contributed by atoms with Crippen molar-refractivity contribution in [3.8, 4) is 16.9 Å². The number of pyridine rings is 1. The normalized spacial score (nSPS) is 20.9. The Balaban J connectivity index is 1.33. The molecule has 0 radical (unpaired) electrons. The van der Waals surface area contributed by atoms with Crippen molar-refractivity contribution in [1.82, 2.24) is 34.6 Å². The molecule has 0 spiro atoms. The van der Waals surface area contributed by atoms with Crippen molar-refractivity contribution < 1.29 is 22.8 Å². The summed E-state index contributed by atoms with van der Waals surface area (Å²) in [5.41, 5.74) is 0.277. The molecule has 1 fully saturated rings. The first-order chi connectivity index (χ1) is 19.0. The summed E-state index contributed by atoms with van der Waals surface area (Å²) in [5.74, 6) is -1.70. The SMILES string of the molecule is [2H]c1nncn1-c1ccc(Cl)c(F)c1C1=CC(=O)N2[C@H](CC[C@H]2c2ncc(-c3ccnc(C([2H])([2H])O)c3F)[nH]2)C1. The summed E-state index contributed by atoms with van der Waals surface area (Å²) in [6.45, 7) is -2.97. The smallest absolute Gasteiger partial charge is 0.247 e. The molecule has 12 heteroatoms. The van der Waals surface area contributed by atoms with E-state index in [0.29, 0.717) is 36.3 Å². The number of H-pyrrole nitrogens is 1. The fourth-order valence-electron chi connectivity index (χ4n) is 5.11. The second-order valence-electron chi connectivity index (χ2n) is 8.74. The van der Waals surface area contributed by atoms with Crippen LogP contribution in [0.2, 0.25) is 5.02 Å². The van der Waals surface area contributed by atoms with Gasteiger partial charge in [-0.2, -0.15) is 0 Å². The van der Waals surface area contributed by atoms with Gasteiger partial charge in [0.1, 0.15) is 25.5 Å². The van der Waals surface area contributed by atoms with E-state index in [2.05, 4.69) is 25.1 Å². The molecule has 0 unspecified atom stereocenters. The Morgan fingerprint density at radius 1 is 1.22 bits per heavy atom. The van der Waals surface area contributed by atoms with Crippen LogP contribution in [0.25, 0.3) is 22.5 Å². The highest BCUT2D eigenvalue weighted by atomic mass is 35.5. The molecule has 2 atom stereocenters. The van der Waals surface area contributed by atoms with Gasteiger partial charge in [0, 0.05) is 29.4 Å². The van der Waals surface area contributed by atoms with E-state index in [-0.39, 0.29) is 40.1 Å². The summed E-state index contributed by atoms with van der Waals surface area (Å²) in [6, 6.07) is 3.51. The van der Waals surface area contributed by atoms with Crippen LogP contribution < -0.4 is 0 Å². The Hall–Kier alpha value is -3.96. The number of amides is 1. The van der Waals surface area contributed by atoms with Crippen LogP contribution in [-0.4, -0.2) is 51.7 Å². The second kappa shape index (κ2) is 9.16. The van der Waals surface area contributed by atoms with E-state index in [1.54, 1.807) is 11.0 Å². The number of imidazole rings is 1. The topological polar surface area (TPSA) is 113 Å². The van der Waals surface area contributed by atoms with E-state index in [1.807, 2.05) is 0 Å². The average Bonchev–Trinajstić information content (AvgIpc) is 3.65. The summed E-state index contributed by atoms with van der Waals surface area (Å²) in [5, 5.41) is 16.8. The highest BCUT2D eigenvalue weighted by molar-refractivity contribution is 6.31. The second-order valence-corrected chi connectivity index (χ2v) is 9.14. The first-order valence-electron chi connectivity index (χ1n) is 12.9. The number of hydrogen-bond donors (Lipinski definition) is 2. The predicted molar refractivity (Wildman–Crippen MR) is 129 cm³/mol. The molecule has 0 saturated carbocycles. The molecule has 5 heterocycles. The minimum absolute atomic E-state index is 0.0323. The molecule has 3 aromatic heterocycles. The maximum Gasteiger partial charge on any atom is 0.247 e. The van der Waals surface area contributed by atoms with Crippen LogP contribution in [-0.2, 0) is 11.4 Å². The maximum atomic E-state index is 15.4. The van der Waals surface area contributed by atoms with Gasteiger partial charge < -0.3 is 15.0 Å². The van der Waals surface area contributed by atoms with Gasteiger partial charge in [0.25, 0.3) is 0 Å². The van der Waals surface area contributed by atoms with Gasteiger partial charge in [-0.05, 0) is 43.0 Å². The largest absolute Gasteiger partial charge is 0.390 e. The highest BCUT2D eigenvalue weighted by Gasteiger charge is 2.42. The molecule has 9 nitrogen and oxygen atoms in total. The van der Waals surface area contributed by atoms with Crippen LogP contribution in [0.1, 0.15) is 46.5 Å². The minimum atomic E-state index is -2.97. The Kier molecular flexibility index (Phi) is 4.99. The molecule has 188 valence electrons. The van der Waals surface area contributed by atoms with Crippen molar-refractivity contribution >= 4 is 23.1 Å². The number of aliphatic hydroxyl groups is 1. The minimum Gasteiger partial charge on any atom is -0.390 e. The third-order valence-electron chi connectivity index (χ3n) is 6.74. The van der Waals surface area contributed by atoms with E-state index >= 15 is 4.39 Å². The average molecular weight is 527 g/mol. The van der Waals surface area contributed by atoms with Gasteiger partial charge in [-0.1, -0.05) is 11.6 Å². The fraction of sp³-hybridized carbons (Fsp3) is 0.240. The van der Waals surface area contributed by atoms with Crippen LogP contribution in [0.3, 0.4) is 0 Å². The molecular formula is C25H20ClF2N7O2. The Labute approximate surface area is 218 Å². The lowest BCUT2D eigenvalue weighted by Crippen LogP contribution is -2.39. The third-order valence-corrected chi connectivity index (χ3v) is 7.03. The zero-order valence-corrected chi connectivity index (χ0v) is 19.7. The molecule has 6 rings (SSSR count). The van der Waals surface area contributed by atoms with Crippen LogP contribution >= 0.6 is 11.6 Å². The highest BCUT2D eigenvalue weighted by Crippen LogP contribution is 2.44. The van der Waals surface area contributed by atoms with Crippen molar-refractivity contribution in [2.24, 2.45) is 0 Å². The van der Waals surface area contributed by atoms with Gasteiger partial charge in [-0.25, -0.2) is 13.8 Å². The zero-order valence-electron chi connectivity index (χ0n) is 22.0. The molecule has 2 aliphatic rings. The van der Waals surface area contributed by atoms with Crippen molar-refractivity contribution in [2.75, 3.05) is 0 Å². The van der Waals surface area contributed by atoms with Gasteiger partial charge in [-0.15, -0.1) is 10.2 Å². The first-order valence-corrected chi connectivity index (χ1v) is 11.7. The number of nitrogens with one attached hydrogen (secondary N) is 1. The number of carbonyl (C=O) groups is 1. The van der Waals surface area contributed by atoms with E-state index in [1.165, 1.54) is 41.5 Å². The van der Waals surface area contributed by atoms with Gasteiger partial charge in [0.2, 0.25) is 5.91 Å². The summed E-state index contributed by atoms with van der Waals surface area (Å²) in [7, 11) is 0. The number of hydrogen-bond acceptors (Lipinski definition) is 6. The Bertz CT molecular complexity index is 1690. The molecule has 4 aromatic rings. The number of fused-ring (bicyclic) bond motifs is 1. The van der Waals surface area contributed by atoms with Crippen molar-refractivity contribution in [3.05, 3.63) is 83.0 Å². The first kappa shape index (κ1) is 20.1. The molecule has 37 heavy (non-hydrogen) atoms. The number of aromatic nitrogens is 6. The lowest BCUT2D eigenvalue weighted by Gasteiger charge is -2.33. The molecule has 2 N–H and O–H groups in total. The summed E-state index contributed by atoms with van der Waals surface area (Å²) < 4.78 is 54.4. The number of rotatable bonds is 5. The maximum absolute atomic E-state index is 15.4. The molecule has 1 saturated heterocycles. The number of carbonyl (C=O) groups excluding carboxylic acids is 1. The van der Waals surface area contributed by atoms with Crippen LogP contribution in [0.4, 0.5) is 8.78 Å². The third kappa shape index (κ3) is 3.91. The molecule has 0 bridgehead atoms. The summed E-state index contributed by atoms with van der Waals surface area (Å²) >= 11 is 6.09. The van der Waals surface area contributed by atoms with Gasteiger partial charge in [0.15, 0.2) is 11.6 Å². The molecule has 1 aromatic carbocycles. The molecular weight excluding hydrogens is 504 g/mol. The van der Waals surface area contributed by atoms with E-state index in [9.17, 15) is 14.3 Å². The molecule has 1 amide bonds. The number of aromatic amines is 1. The van der Waals surface area contributed by atoms with E-state index in [4.69, 9.17) is 15.7 Å². The van der Waals surface area contributed by atoms with Crippen molar-refractivity contribution in [2.45, 2.75) is 37.9 Å². The van der Waals surface area contributed by atoms with Crippen LogP contribution in [0.5, 0.6) is 0 Å². The van der Waals surface area contributed by atoms with Gasteiger partial charge in [0.05, 0.1) is 37.9 Å². The van der Waals surface area contributed by atoms with Gasteiger partial charge >= 0.3 is 0 Å². The quantitative estimate of drug-likeness (QED) is 0.406. The number of benzene rings is 1. The number of nitrogens with zero attached hydrogens (tertiary/aromatic N) is 6. The van der Waals surface area contributed by atoms with Crippen molar-refractivity contribution in [3.63, 3.8) is 0 Å². The summed E-state index contributed by atoms with van der Waals surface area (Å²) in [4.78, 5) is 26.1. The Morgan fingerprint density at radius 2 is 2.08 bits per heavy atom. The van der Waals surface area contributed by atoms with Crippen LogP contribution in [0.15, 0.2) is 49.3 Å². The number of halogens is 3. The van der Waals surface area contributed by atoms with E-state index in [0.717, 1.165) is 0 Å². The van der Waals surface area contributed by atoms with Gasteiger partial charge in [-0.3, -0.25) is 14.3 Å². The van der Waals surface area contributed by atoms with Crippen LogP contribution in [0, 0.1) is 11.6 Å². The summed E-state index contributed by atoms with van der Waals surface area (Å²) in [6.07, 6.45) is 6.45. The fourth-order valence-corrected chi connectivity index (χ4v) is 5.27. The lowest BCUT2D eigenvalue weighted by atomic mass is 9.92. The zero-order chi connectivity index (χ0) is 28.3. The Morgan fingerprint density at radius 3 is 2.86 bits per heavy atom.